The highest BCUT2D eigenvalue weighted by Gasteiger charge is 2.33. The molecule has 3 unspecified atom stereocenters. The van der Waals surface area contributed by atoms with E-state index in [2.05, 4.69) is 18.6 Å². The number of nitrogens with two attached hydrogens (primary N) is 1. The van der Waals surface area contributed by atoms with Gasteiger partial charge in [-0.3, -0.25) is 0 Å². The minimum Gasteiger partial charge on any atom is -0.326 e. The molecule has 1 saturated carbocycles. The average molecular weight is 314 g/mol. The van der Waals surface area contributed by atoms with E-state index in [4.69, 9.17) is 5.73 Å². The molecule has 1 aromatic rings. The summed E-state index contributed by atoms with van der Waals surface area (Å²) >= 11 is 0. The fourth-order valence-corrected chi connectivity index (χ4v) is 4.56. The third-order valence-electron chi connectivity index (χ3n) is 4.65. The van der Waals surface area contributed by atoms with Crippen LogP contribution in [0.2, 0.25) is 0 Å². The topological polar surface area (TPSA) is 72.2 Å². The first-order valence-corrected chi connectivity index (χ1v) is 8.76. The molecule has 0 amide bonds. The molecular weight excluding hydrogens is 291 g/mol. The summed E-state index contributed by atoms with van der Waals surface area (Å²) in [4.78, 5) is -0.00490. The number of rotatable bonds is 4. The van der Waals surface area contributed by atoms with Gasteiger partial charge >= 0.3 is 0 Å². The van der Waals surface area contributed by atoms with Crippen molar-refractivity contribution in [3.05, 3.63) is 29.1 Å². The van der Waals surface area contributed by atoms with E-state index in [9.17, 15) is 12.8 Å². The van der Waals surface area contributed by atoms with E-state index in [1.807, 2.05) is 0 Å². The molecule has 0 saturated heterocycles. The molecule has 6 heteroatoms. The van der Waals surface area contributed by atoms with E-state index in [1.54, 1.807) is 0 Å². The number of nitrogens with one attached hydrogen (secondary N) is 1. The zero-order chi connectivity index (χ0) is 15.8. The van der Waals surface area contributed by atoms with Crippen molar-refractivity contribution in [3.8, 4) is 0 Å². The van der Waals surface area contributed by atoms with Crippen LogP contribution in [0.1, 0.15) is 37.8 Å². The molecule has 1 aliphatic carbocycles. The number of hydrogen-bond donors (Lipinski definition) is 2. The molecule has 2 rings (SSSR count). The first-order valence-electron chi connectivity index (χ1n) is 7.27. The van der Waals surface area contributed by atoms with Crippen LogP contribution in [0.15, 0.2) is 17.0 Å². The molecule has 0 aromatic heterocycles. The lowest BCUT2D eigenvalue weighted by Gasteiger charge is -2.20. The number of benzene rings is 1. The van der Waals surface area contributed by atoms with Crippen molar-refractivity contribution in [2.24, 2.45) is 17.6 Å². The second kappa shape index (κ2) is 6.02. The monoisotopic (exact) mass is 314 g/mol. The van der Waals surface area contributed by atoms with Crippen LogP contribution < -0.4 is 10.5 Å². The Bertz CT molecular complexity index is 631. The smallest absolute Gasteiger partial charge is 0.241 e. The van der Waals surface area contributed by atoms with Crippen molar-refractivity contribution >= 4 is 10.0 Å². The van der Waals surface area contributed by atoms with E-state index >= 15 is 0 Å². The van der Waals surface area contributed by atoms with Crippen LogP contribution in [0.25, 0.3) is 0 Å². The van der Waals surface area contributed by atoms with Crippen molar-refractivity contribution in [3.63, 3.8) is 0 Å². The van der Waals surface area contributed by atoms with Gasteiger partial charge in [0.15, 0.2) is 0 Å². The van der Waals surface area contributed by atoms with Gasteiger partial charge in [0.05, 0.1) is 4.90 Å². The molecule has 0 radical (unpaired) electrons. The Labute approximate surface area is 126 Å². The van der Waals surface area contributed by atoms with Gasteiger partial charge in [0, 0.05) is 18.2 Å². The highest BCUT2D eigenvalue weighted by Crippen LogP contribution is 2.32. The molecule has 3 atom stereocenters. The Morgan fingerprint density at radius 2 is 2.00 bits per heavy atom. The maximum Gasteiger partial charge on any atom is 0.241 e. The van der Waals surface area contributed by atoms with Crippen LogP contribution in [-0.2, 0) is 16.6 Å². The lowest BCUT2D eigenvalue weighted by atomic mass is 9.98. The minimum atomic E-state index is -3.73. The van der Waals surface area contributed by atoms with Crippen LogP contribution in [0, 0.1) is 24.6 Å². The summed E-state index contributed by atoms with van der Waals surface area (Å²) in [5, 5.41) is 0. The van der Waals surface area contributed by atoms with Gasteiger partial charge in [0.1, 0.15) is 5.82 Å². The Balaban J connectivity index is 2.34. The molecule has 1 fully saturated rings. The van der Waals surface area contributed by atoms with E-state index in [0.717, 1.165) is 12.8 Å². The molecule has 1 aliphatic rings. The van der Waals surface area contributed by atoms with Crippen LogP contribution in [0.4, 0.5) is 4.39 Å². The van der Waals surface area contributed by atoms with Crippen molar-refractivity contribution in [2.75, 3.05) is 0 Å². The van der Waals surface area contributed by atoms with Gasteiger partial charge in [-0.1, -0.05) is 13.8 Å². The van der Waals surface area contributed by atoms with Crippen LogP contribution >= 0.6 is 0 Å². The normalized spacial score (nSPS) is 26.2. The first-order chi connectivity index (χ1) is 9.76. The van der Waals surface area contributed by atoms with E-state index in [-0.39, 0.29) is 29.0 Å². The lowest BCUT2D eigenvalue weighted by Crippen LogP contribution is -2.37. The quantitative estimate of drug-likeness (QED) is 0.896. The Kier molecular flexibility index (Phi) is 4.70. The summed E-state index contributed by atoms with van der Waals surface area (Å²) in [5.74, 6) is 0.236. The molecule has 0 heterocycles. The van der Waals surface area contributed by atoms with E-state index < -0.39 is 15.8 Å². The predicted molar refractivity (Wildman–Crippen MR) is 80.7 cm³/mol. The molecule has 0 bridgehead atoms. The first kappa shape index (κ1) is 16.4. The average Bonchev–Trinajstić information content (AvgIpc) is 2.73. The van der Waals surface area contributed by atoms with Crippen molar-refractivity contribution in [2.45, 2.75) is 51.1 Å². The summed E-state index contributed by atoms with van der Waals surface area (Å²) in [5.41, 5.74) is 6.12. The largest absolute Gasteiger partial charge is 0.326 e. The summed E-state index contributed by atoms with van der Waals surface area (Å²) in [6.07, 6.45) is 1.82. The number of sulfonamides is 1. The highest BCUT2D eigenvalue weighted by molar-refractivity contribution is 7.89. The third kappa shape index (κ3) is 3.27. The van der Waals surface area contributed by atoms with Crippen LogP contribution in [0.5, 0.6) is 0 Å². The molecule has 0 aliphatic heterocycles. The van der Waals surface area contributed by atoms with Gasteiger partial charge in [-0.15, -0.1) is 0 Å². The van der Waals surface area contributed by atoms with Gasteiger partial charge in [0.25, 0.3) is 0 Å². The van der Waals surface area contributed by atoms with Crippen molar-refractivity contribution in [1.29, 1.82) is 0 Å². The molecule has 3 N–H and O–H groups in total. The van der Waals surface area contributed by atoms with Crippen LogP contribution in [0.3, 0.4) is 0 Å². The Morgan fingerprint density at radius 1 is 1.33 bits per heavy atom. The SMILES string of the molecule is Cc1c(F)cc(CN)cc1S(=O)(=O)NC1CCC(C)C1C. The fraction of sp³-hybridized carbons (Fsp3) is 0.600. The van der Waals surface area contributed by atoms with E-state index in [0.29, 0.717) is 11.5 Å². The number of halogens is 1. The Morgan fingerprint density at radius 3 is 2.52 bits per heavy atom. The Hall–Kier alpha value is -0.980. The summed E-state index contributed by atoms with van der Waals surface area (Å²) in [6, 6.07) is 2.66. The molecule has 4 nitrogen and oxygen atoms in total. The summed E-state index contributed by atoms with van der Waals surface area (Å²) < 4.78 is 41.7. The molecule has 21 heavy (non-hydrogen) atoms. The van der Waals surface area contributed by atoms with Crippen LogP contribution in [-0.4, -0.2) is 14.5 Å². The maximum absolute atomic E-state index is 13.9. The molecule has 118 valence electrons. The molecule has 0 spiro atoms. The molecule has 1 aromatic carbocycles. The fourth-order valence-electron chi connectivity index (χ4n) is 2.90. The predicted octanol–water partition coefficient (Wildman–Crippen LogP) is 2.31. The summed E-state index contributed by atoms with van der Waals surface area (Å²) in [7, 11) is -3.73. The molecular formula is C15H23FN2O2S. The third-order valence-corrected chi connectivity index (χ3v) is 6.27. The van der Waals surface area contributed by atoms with Crippen molar-refractivity contribution < 1.29 is 12.8 Å². The number of hydrogen-bond acceptors (Lipinski definition) is 3. The zero-order valence-corrected chi connectivity index (χ0v) is 13.5. The zero-order valence-electron chi connectivity index (χ0n) is 12.7. The van der Waals surface area contributed by atoms with Crippen molar-refractivity contribution in [1.82, 2.24) is 4.72 Å². The minimum absolute atomic E-state index is 0.00490. The lowest BCUT2D eigenvalue weighted by molar-refractivity contribution is 0.402. The van der Waals surface area contributed by atoms with Gasteiger partial charge in [-0.05, 0) is 49.3 Å². The van der Waals surface area contributed by atoms with Gasteiger partial charge < -0.3 is 5.73 Å². The van der Waals surface area contributed by atoms with E-state index in [1.165, 1.54) is 19.1 Å². The summed E-state index contributed by atoms with van der Waals surface area (Å²) in [6.45, 7) is 5.76. The second-order valence-corrected chi connectivity index (χ2v) is 7.73. The standard InChI is InChI=1S/C15H23FN2O2S/c1-9-4-5-14(10(9)2)18-21(19,20)15-7-12(8-17)6-13(16)11(15)3/h6-7,9-10,14,18H,4-5,8,17H2,1-3H3. The van der Waals surface area contributed by atoms with Gasteiger partial charge in [0.2, 0.25) is 10.0 Å². The highest BCUT2D eigenvalue weighted by atomic mass is 32.2. The maximum atomic E-state index is 13.9. The second-order valence-electron chi connectivity index (χ2n) is 6.05. The van der Waals surface area contributed by atoms with Gasteiger partial charge in [-0.25, -0.2) is 17.5 Å². The van der Waals surface area contributed by atoms with Gasteiger partial charge in [-0.2, -0.15) is 0 Å².